The van der Waals surface area contributed by atoms with Crippen LogP contribution in [0.1, 0.15) is 33.8 Å². The number of carbonyl (C=O) groups is 2. The predicted octanol–water partition coefficient (Wildman–Crippen LogP) is 1.44. The van der Waals surface area contributed by atoms with Gasteiger partial charge in [0.25, 0.3) is 5.91 Å². The molecule has 0 aliphatic carbocycles. The minimum atomic E-state index is -1.25. The van der Waals surface area contributed by atoms with Gasteiger partial charge >= 0.3 is 0 Å². The highest BCUT2D eigenvalue weighted by Crippen LogP contribution is 2.45. The number of hydrogen-bond donors (Lipinski definition) is 2. The van der Waals surface area contributed by atoms with Crippen LogP contribution in [0.3, 0.4) is 0 Å². The first-order valence-electron chi connectivity index (χ1n) is 9.29. The van der Waals surface area contributed by atoms with Gasteiger partial charge in [0.05, 0.1) is 18.4 Å². The fourth-order valence-electron chi connectivity index (χ4n) is 4.01. The molecule has 1 atom stereocenters. The molecule has 1 unspecified atom stereocenters. The molecule has 1 saturated heterocycles. The Morgan fingerprint density at radius 1 is 1.37 bits per heavy atom. The van der Waals surface area contributed by atoms with E-state index in [0.717, 1.165) is 6.20 Å². The van der Waals surface area contributed by atoms with Gasteiger partial charge in [0.2, 0.25) is 5.91 Å². The Morgan fingerprint density at radius 2 is 2.13 bits per heavy atom. The highest BCUT2D eigenvalue weighted by atomic mass is 19.1. The van der Waals surface area contributed by atoms with Crippen molar-refractivity contribution < 1.29 is 27.9 Å². The van der Waals surface area contributed by atoms with Gasteiger partial charge in [-0.2, -0.15) is 5.10 Å². The number of halogens is 1. The molecule has 4 rings (SSSR count). The second-order valence-corrected chi connectivity index (χ2v) is 7.31. The Hall–Kier alpha value is -3.40. The maximum atomic E-state index is 14.0. The van der Waals surface area contributed by atoms with Crippen molar-refractivity contribution in [3.05, 3.63) is 46.7 Å². The second kappa shape index (κ2) is 7.13. The summed E-state index contributed by atoms with van der Waals surface area (Å²) in [5, 5.41) is 4.21. The summed E-state index contributed by atoms with van der Waals surface area (Å²) in [5.41, 5.74) is 11.2. The van der Waals surface area contributed by atoms with Crippen LogP contribution in [-0.4, -0.2) is 34.8 Å². The van der Waals surface area contributed by atoms with Gasteiger partial charge < -0.3 is 25.4 Å². The maximum absolute atomic E-state index is 14.0. The van der Waals surface area contributed by atoms with E-state index in [1.54, 1.807) is 26.1 Å². The Balaban J connectivity index is 1.95. The number of benzene rings is 1. The normalized spacial score (nSPS) is 18.8. The average Bonchev–Trinajstić information content (AvgIpc) is 3.38. The van der Waals surface area contributed by atoms with E-state index in [1.807, 2.05) is 0 Å². The fraction of sp³-hybridized carbons (Fsp3) is 0.350. The third-order valence-electron chi connectivity index (χ3n) is 5.59. The molecule has 3 heterocycles. The number of amides is 2. The molecule has 2 aromatic heterocycles. The van der Waals surface area contributed by atoms with E-state index < -0.39 is 23.0 Å². The van der Waals surface area contributed by atoms with Crippen molar-refractivity contribution in [2.24, 2.45) is 18.5 Å². The number of ether oxygens (including phenoxy) is 2. The lowest BCUT2D eigenvalue weighted by Gasteiger charge is -2.27. The standard InChI is InChI=1S/C20H21FN4O5/c1-10-15(18(22)26)16-13(30-10)3-4-14(29-8-12-11(21)7-24-25(12)2)17(16)20(19(23)27)5-6-28-9-20/h3-4,7H,5-6,8-9H2,1-2H3,(H2,22,26)(H2,23,27). The van der Waals surface area contributed by atoms with Crippen molar-refractivity contribution in [2.75, 3.05) is 13.2 Å². The van der Waals surface area contributed by atoms with Gasteiger partial charge in [0.1, 0.15) is 34.8 Å². The lowest BCUT2D eigenvalue weighted by atomic mass is 9.76. The number of aromatic nitrogens is 2. The van der Waals surface area contributed by atoms with Crippen LogP contribution in [0.5, 0.6) is 5.75 Å². The topological polar surface area (TPSA) is 136 Å². The highest BCUT2D eigenvalue weighted by Gasteiger charge is 2.47. The highest BCUT2D eigenvalue weighted by molar-refractivity contribution is 6.10. The Bertz CT molecular complexity index is 1140. The van der Waals surface area contributed by atoms with E-state index >= 15 is 0 Å². The van der Waals surface area contributed by atoms with Crippen LogP contribution in [0.25, 0.3) is 11.0 Å². The van der Waals surface area contributed by atoms with Crippen molar-refractivity contribution in [3.63, 3.8) is 0 Å². The number of hydrogen-bond acceptors (Lipinski definition) is 6. The molecule has 0 bridgehead atoms. The number of fused-ring (bicyclic) bond motifs is 1. The van der Waals surface area contributed by atoms with Crippen molar-refractivity contribution in [2.45, 2.75) is 25.4 Å². The molecule has 2 amide bonds. The summed E-state index contributed by atoms with van der Waals surface area (Å²) in [6.45, 7) is 1.77. The molecular weight excluding hydrogens is 395 g/mol. The zero-order chi connectivity index (χ0) is 21.6. The van der Waals surface area contributed by atoms with Gasteiger partial charge in [-0.25, -0.2) is 4.39 Å². The van der Waals surface area contributed by atoms with Crippen LogP contribution < -0.4 is 16.2 Å². The molecule has 30 heavy (non-hydrogen) atoms. The van der Waals surface area contributed by atoms with Crippen molar-refractivity contribution in [3.8, 4) is 5.75 Å². The number of rotatable bonds is 6. The van der Waals surface area contributed by atoms with Crippen LogP contribution >= 0.6 is 0 Å². The minimum Gasteiger partial charge on any atom is -0.487 e. The summed E-state index contributed by atoms with van der Waals surface area (Å²) in [4.78, 5) is 24.8. The Kier molecular flexibility index (Phi) is 4.73. The maximum Gasteiger partial charge on any atom is 0.252 e. The molecule has 0 radical (unpaired) electrons. The summed E-state index contributed by atoms with van der Waals surface area (Å²) in [7, 11) is 1.59. The first-order chi connectivity index (χ1) is 14.3. The molecule has 1 aliphatic heterocycles. The number of aryl methyl sites for hydroxylation is 2. The number of primary amides is 2. The Labute approximate surface area is 170 Å². The second-order valence-electron chi connectivity index (χ2n) is 7.31. The summed E-state index contributed by atoms with van der Waals surface area (Å²) >= 11 is 0. The van der Waals surface area contributed by atoms with E-state index in [1.165, 1.54) is 4.68 Å². The van der Waals surface area contributed by atoms with Crippen molar-refractivity contribution in [1.82, 2.24) is 9.78 Å². The van der Waals surface area contributed by atoms with Crippen molar-refractivity contribution in [1.29, 1.82) is 0 Å². The zero-order valence-electron chi connectivity index (χ0n) is 16.5. The van der Waals surface area contributed by atoms with Gasteiger partial charge in [-0.05, 0) is 25.5 Å². The van der Waals surface area contributed by atoms with E-state index in [4.69, 9.17) is 25.4 Å². The van der Waals surface area contributed by atoms with Crippen LogP contribution in [0, 0.1) is 12.7 Å². The Morgan fingerprint density at radius 3 is 2.70 bits per heavy atom. The first-order valence-corrected chi connectivity index (χ1v) is 9.29. The molecule has 1 aromatic carbocycles. The fourth-order valence-corrected chi connectivity index (χ4v) is 4.01. The van der Waals surface area contributed by atoms with Crippen LogP contribution in [0.15, 0.2) is 22.7 Å². The van der Waals surface area contributed by atoms with Crippen LogP contribution in [0.2, 0.25) is 0 Å². The van der Waals surface area contributed by atoms with E-state index in [2.05, 4.69) is 5.10 Å². The van der Waals surface area contributed by atoms with Crippen molar-refractivity contribution >= 4 is 22.8 Å². The molecular formula is C20H21FN4O5. The van der Waals surface area contributed by atoms with E-state index in [-0.39, 0.29) is 30.2 Å². The van der Waals surface area contributed by atoms with Gasteiger partial charge in [0.15, 0.2) is 5.82 Å². The third-order valence-corrected chi connectivity index (χ3v) is 5.59. The first kappa shape index (κ1) is 19.9. The van der Waals surface area contributed by atoms with Gasteiger partial charge in [-0.1, -0.05) is 0 Å². The van der Waals surface area contributed by atoms with Gasteiger partial charge in [0, 0.05) is 24.6 Å². The molecule has 9 nitrogen and oxygen atoms in total. The lowest BCUT2D eigenvalue weighted by molar-refractivity contribution is -0.123. The zero-order valence-corrected chi connectivity index (χ0v) is 16.5. The van der Waals surface area contributed by atoms with Crippen LogP contribution in [0.4, 0.5) is 4.39 Å². The SMILES string of the molecule is Cc1oc2ccc(OCc3c(F)cnn3C)c(C3(C(N)=O)CCOC3)c2c1C(N)=O. The minimum absolute atomic E-state index is 0.0142. The number of nitrogens with two attached hydrogens (primary N) is 2. The third kappa shape index (κ3) is 2.91. The van der Waals surface area contributed by atoms with E-state index in [9.17, 15) is 14.0 Å². The summed E-state index contributed by atoms with van der Waals surface area (Å²) in [6, 6.07) is 3.21. The number of furan rings is 1. The summed E-state index contributed by atoms with van der Waals surface area (Å²) in [5.74, 6) is -1.28. The molecule has 0 saturated carbocycles. The number of nitrogens with zero attached hydrogens (tertiary/aromatic N) is 2. The molecule has 0 spiro atoms. The summed E-state index contributed by atoms with van der Waals surface area (Å²) < 4.78 is 32.5. The molecule has 4 N–H and O–H groups in total. The molecule has 1 aliphatic rings. The van der Waals surface area contributed by atoms with E-state index in [0.29, 0.717) is 35.3 Å². The smallest absolute Gasteiger partial charge is 0.252 e. The monoisotopic (exact) mass is 416 g/mol. The quantitative estimate of drug-likeness (QED) is 0.624. The molecule has 1 fully saturated rings. The lowest BCUT2D eigenvalue weighted by Crippen LogP contribution is -2.42. The van der Waals surface area contributed by atoms with Gasteiger partial charge in [-0.3, -0.25) is 14.3 Å². The predicted molar refractivity (Wildman–Crippen MR) is 103 cm³/mol. The average molecular weight is 416 g/mol. The summed E-state index contributed by atoms with van der Waals surface area (Å²) in [6.07, 6.45) is 1.38. The largest absolute Gasteiger partial charge is 0.487 e. The molecule has 10 heteroatoms. The van der Waals surface area contributed by atoms with Crippen LogP contribution in [-0.2, 0) is 28.6 Å². The van der Waals surface area contributed by atoms with Gasteiger partial charge in [-0.15, -0.1) is 0 Å². The molecule has 3 aromatic rings. The number of carbonyl (C=O) groups excluding carboxylic acids is 2. The molecule has 158 valence electrons.